The molecule has 1 atom stereocenters. The predicted molar refractivity (Wildman–Crippen MR) is 78.8 cm³/mol. The van der Waals surface area contributed by atoms with Crippen molar-refractivity contribution < 1.29 is 19.1 Å². The molecule has 0 aliphatic heterocycles. The first-order valence-electron chi connectivity index (χ1n) is 6.78. The number of ether oxygens (including phenoxy) is 2. The molecule has 0 aliphatic carbocycles. The number of carbonyl (C=O) groups excluding carboxylic acids is 2. The lowest BCUT2D eigenvalue weighted by molar-refractivity contribution is -0.144. The maximum absolute atomic E-state index is 11.8. The first-order valence-corrected chi connectivity index (χ1v) is 6.78. The number of esters is 1. The van der Waals surface area contributed by atoms with E-state index in [0.29, 0.717) is 19.6 Å². The number of hydrogen-bond donors (Lipinski definition) is 2. The molecule has 1 unspecified atom stereocenters. The lowest BCUT2D eigenvalue weighted by Gasteiger charge is -2.16. The highest BCUT2D eigenvalue weighted by Crippen LogP contribution is 2.04. The first kappa shape index (κ1) is 17.1. The van der Waals surface area contributed by atoms with E-state index in [-0.39, 0.29) is 12.5 Å². The average molecular weight is 294 g/mol. The number of carbonyl (C=O) groups is 2. The van der Waals surface area contributed by atoms with E-state index in [9.17, 15) is 9.59 Å². The zero-order valence-corrected chi connectivity index (χ0v) is 12.4. The number of nitrogens with one attached hydrogen (secondary N) is 2. The molecule has 116 valence electrons. The normalized spacial score (nSPS) is 11.7. The third-order valence-electron chi connectivity index (χ3n) is 2.87. The Hall–Kier alpha value is -1.92. The SMILES string of the molecule is COCCNCC(=O)NC(Cc1ccccc1)C(=O)OC. The first-order chi connectivity index (χ1) is 10.2. The van der Waals surface area contributed by atoms with Crippen LogP contribution in [0.3, 0.4) is 0 Å². The van der Waals surface area contributed by atoms with E-state index in [4.69, 9.17) is 9.47 Å². The lowest BCUT2D eigenvalue weighted by Crippen LogP contribution is -2.46. The third kappa shape index (κ3) is 6.87. The Balaban J connectivity index is 2.50. The molecule has 1 rings (SSSR count). The molecule has 0 saturated heterocycles. The molecule has 21 heavy (non-hydrogen) atoms. The summed E-state index contributed by atoms with van der Waals surface area (Å²) >= 11 is 0. The highest BCUT2D eigenvalue weighted by atomic mass is 16.5. The maximum atomic E-state index is 11.8. The molecule has 0 aliphatic rings. The zero-order valence-electron chi connectivity index (χ0n) is 12.4. The molecule has 0 fully saturated rings. The average Bonchev–Trinajstić information content (AvgIpc) is 2.51. The summed E-state index contributed by atoms with van der Waals surface area (Å²) in [7, 11) is 2.90. The Labute approximate surface area is 124 Å². The second kappa shape index (κ2) is 9.90. The maximum Gasteiger partial charge on any atom is 0.328 e. The second-order valence-corrected chi connectivity index (χ2v) is 4.50. The van der Waals surface area contributed by atoms with Crippen molar-refractivity contribution in [3.63, 3.8) is 0 Å². The van der Waals surface area contributed by atoms with Crippen molar-refractivity contribution in [2.75, 3.05) is 33.9 Å². The molecule has 1 aromatic rings. The molecule has 0 spiro atoms. The Morgan fingerprint density at radius 2 is 1.90 bits per heavy atom. The van der Waals surface area contributed by atoms with Gasteiger partial charge in [-0.3, -0.25) is 4.79 Å². The summed E-state index contributed by atoms with van der Waals surface area (Å²) in [6, 6.07) is 8.79. The van der Waals surface area contributed by atoms with Crippen molar-refractivity contribution in [1.82, 2.24) is 10.6 Å². The summed E-state index contributed by atoms with van der Waals surface area (Å²) in [4.78, 5) is 23.6. The van der Waals surface area contributed by atoms with E-state index in [0.717, 1.165) is 5.56 Å². The predicted octanol–water partition coefficient (Wildman–Crippen LogP) is 0.123. The van der Waals surface area contributed by atoms with E-state index in [2.05, 4.69) is 10.6 Å². The summed E-state index contributed by atoms with van der Waals surface area (Å²) in [5, 5.41) is 5.60. The van der Waals surface area contributed by atoms with Crippen LogP contribution in [0.25, 0.3) is 0 Å². The van der Waals surface area contributed by atoms with Gasteiger partial charge in [-0.05, 0) is 5.56 Å². The Bertz CT molecular complexity index is 437. The molecule has 1 aromatic carbocycles. The molecule has 6 heteroatoms. The monoisotopic (exact) mass is 294 g/mol. The molecule has 0 saturated carbocycles. The molecule has 1 amide bonds. The van der Waals surface area contributed by atoms with Crippen LogP contribution < -0.4 is 10.6 Å². The van der Waals surface area contributed by atoms with Gasteiger partial charge in [0.1, 0.15) is 6.04 Å². The number of rotatable bonds is 9. The fourth-order valence-corrected chi connectivity index (χ4v) is 1.81. The van der Waals surface area contributed by atoms with Gasteiger partial charge in [0, 0.05) is 20.1 Å². The zero-order chi connectivity index (χ0) is 15.5. The lowest BCUT2D eigenvalue weighted by atomic mass is 10.1. The minimum atomic E-state index is -0.686. The van der Waals surface area contributed by atoms with Crippen LogP contribution in [0, 0.1) is 0 Å². The van der Waals surface area contributed by atoms with E-state index < -0.39 is 12.0 Å². The van der Waals surface area contributed by atoms with Crippen molar-refractivity contribution in [2.24, 2.45) is 0 Å². The largest absolute Gasteiger partial charge is 0.467 e. The van der Waals surface area contributed by atoms with Crippen LogP contribution in [0.2, 0.25) is 0 Å². The Kier molecular flexibility index (Phi) is 8.08. The Morgan fingerprint density at radius 1 is 1.19 bits per heavy atom. The van der Waals surface area contributed by atoms with Crippen LogP contribution in [-0.2, 0) is 25.5 Å². The van der Waals surface area contributed by atoms with Crippen molar-refractivity contribution in [3.8, 4) is 0 Å². The molecule has 0 aromatic heterocycles. The molecule has 0 radical (unpaired) electrons. The summed E-state index contributed by atoms with van der Waals surface area (Å²) in [5.41, 5.74) is 0.959. The van der Waals surface area contributed by atoms with Gasteiger partial charge >= 0.3 is 5.97 Å². The molecule has 6 nitrogen and oxygen atoms in total. The molecular weight excluding hydrogens is 272 g/mol. The summed E-state index contributed by atoms with van der Waals surface area (Å²) in [5.74, 6) is -0.707. The summed E-state index contributed by atoms with van der Waals surface area (Å²) in [6.45, 7) is 1.23. The topological polar surface area (TPSA) is 76.7 Å². The van der Waals surface area contributed by atoms with Gasteiger partial charge in [-0.2, -0.15) is 0 Å². The molecular formula is C15H22N2O4. The van der Waals surface area contributed by atoms with E-state index >= 15 is 0 Å². The van der Waals surface area contributed by atoms with Crippen LogP contribution in [0.1, 0.15) is 5.56 Å². The van der Waals surface area contributed by atoms with Crippen molar-refractivity contribution in [1.29, 1.82) is 0 Å². The van der Waals surface area contributed by atoms with Crippen LogP contribution >= 0.6 is 0 Å². The van der Waals surface area contributed by atoms with Crippen molar-refractivity contribution in [3.05, 3.63) is 35.9 Å². The van der Waals surface area contributed by atoms with Crippen LogP contribution in [0.5, 0.6) is 0 Å². The summed E-state index contributed by atoms with van der Waals surface area (Å²) < 4.78 is 9.61. The van der Waals surface area contributed by atoms with Gasteiger partial charge in [-0.15, -0.1) is 0 Å². The second-order valence-electron chi connectivity index (χ2n) is 4.50. The molecule has 0 bridgehead atoms. The van der Waals surface area contributed by atoms with Crippen LogP contribution in [0.15, 0.2) is 30.3 Å². The van der Waals surface area contributed by atoms with E-state index in [1.54, 1.807) is 7.11 Å². The molecule has 2 N–H and O–H groups in total. The number of amides is 1. The quantitative estimate of drug-likeness (QED) is 0.500. The summed E-state index contributed by atoms with van der Waals surface area (Å²) in [6.07, 6.45) is 0.400. The number of benzene rings is 1. The highest BCUT2D eigenvalue weighted by molar-refractivity contribution is 5.85. The highest BCUT2D eigenvalue weighted by Gasteiger charge is 2.21. The van der Waals surface area contributed by atoms with Gasteiger partial charge in [-0.1, -0.05) is 30.3 Å². The van der Waals surface area contributed by atoms with Gasteiger partial charge in [0.15, 0.2) is 0 Å². The van der Waals surface area contributed by atoms with Crippen LogP contribution in [0.4, 0.5) is 0 Å². The third-order valence-corrected chi connectivity index (χ3v) is 2.87. The molecule has 0 heterocycles. The van der Waals surface area contributed by atoms with Crippen LogP contribution in [-0.4, -0.2) is 51.8 Å². The minimum absolute atomic E-state index is 0.131. The number of hydrogen-bond acceptors (Lipinski definition) is 5. The minimum Gasteiger partial charge on any atom is -0.467 e. The van der Waals surface area contributed by atoms with Crippen molar-refractivity contribution in [2.45, 2.75) is 12.5 Å². The number of methoxy groups -OCH3 is 2. The fourth-order valence-electron chi connectivity index (χ4n) is 1.81. The Morgan fingerprint density at radius 3 is 2.52 bits per heavy atom. The van der Waals surface area contributed by atoms with Gasteiger partial charge in [0.2, 0.25) is 5.91 Å². The fraction of sp³-hybridized carbons (Fsp3) is 0.467. The van der Waals surface area contributed by atoms with E-state index in [1.807, 2.05) is 30.3 Å². The van der Waals surface area contributed by atoms with E-state index in [1.165, 1.54) is 7.11 Å². The van der Waals surface area contributed by atoms with Crippen molar-refractivity contribution >= 4 is 11.9 Å². The van der Waals surface area contributed by atoms with Gasteiger partial charge < -0.3 is 20.1 Å². The van der Waals surface area contributed by atoms with Gasteiger partial charge in [-0.25, -0.2) is 4.79 Å². The van der Waals surface area contributed by atoms with Gasteiger partial charge in [0.05, 0.1) is 20.3 Å². The van der Waals surface area contributed by atoms with Gasteiger partial charge in [0.25, 0.3) is 0 Å². The standard InChI is InChI=1S/C15H22N2O4/c1-20-9-8-16-11-14(18)17-13(15(19)21-2)10-12-6-4-3-5-7-12/h3-7,13,16H,8-11H2,1-2H3,(H,17,18). The smallest absolute Gasteiger partial charge is 0.328 e.